The summed E-state index contributed by atoms with van der Waals surface area (Å²) < 4.78 is 51.4. The third-order valence-corrected chi connectivity index (χ3v) is 15.8. The number of aryl methyl sites for hydroxylation is 3. The number of pyridine rings is 1. The lowest BCUT2D eigenvalue weighted by Crippen LogP contribution is -2.41. The summed E-state index contributed by atoms with van der Waals surface area (Å²) in [5.41, 5.74) is 4.72. The van der Waals surface area contributed by atoms with Crippen LogP contribution in [0.5, 0.6) is 0 Å². The molecule has 2 fully saturated rings. The summed E-state index contributed by atoms with van der Waals surface area (Å²) in [6.07, 6.45) is 9.65. The maximum absolute atomic E-state index is 15.4. The average molecular weight is 871 g/mol. The molecular weight excluding hydrogens is 824 g/mol. The van der Waals surface area contributed by atoms with Crippen molar-refractivity contribution in [3.8, 4) is 17.2 Å². The lowest BCUT2D eigenvalue weighted by atomic mass is 9.95. The minimum Gasteiger partial charge on any atom is -0.423 e. The van der Waals surface area contributed by atoms with E-state index in [-0.39, 0.29) is 23.3 Å². The van der Waals surface area contributed by atoms with Crippen LogP contribution >= 0.6 is 0 Å². The van der Waals surface area contributed by atoms with Crippen molar-refractivity contribution < 1.29 is 22.5 Å². The molecule has 17 heteroatoms. The maximum atomic E-state index is 15.4. The molecule has 0 spiro atoms. The van der Waals surface area contributed by atoms with Gasteiger partial charge in [-0.15, -0.1) is 10.2 Å². The van der Waals surface area contributed by atoms with E-state index in [1.165, 1.54) is 4.57 Å². The zero-order valence-electron chi connectivity index (χ0n) is 35.6. The van der Waals surface area contributed by atoms with Crippen LogP contribution in [0, 0.1) is 26.6 Å². The molecule has 1 unspecified atom stereocenters. The number of carbonyl (C=O) groups is 1. The fraction of sp³-hybridized carbons (Fsp3) is 0.391. The largest absolute Gasteiger partial charge is 0.423 e. The number of hydrogen-bond acceptors (Lipinski definition) is 10. The molecule has 5 aromatic heterocycles. The minimum absolute atomic E-state index is 0.191. The first-order chi connectivity index (χ1) is 30.4. The number of amides is 1. The second-order valence-electron chi connectivity index (χ2n) is 17.4. The molecule has 11 rings (SSSR count). The van der Waals surface area contributed by atoms with Gasteiger partial charge in [0.25, 0.3) is 5.91 Å². The zero-order valence-corrected chi connectivity index (χ0v) is 36.4. The molecule has 0 bridgehead atoms. The van der Waals surface area contributed by atoms with Crippen LogP contribution in [0.3, 0.4) is 0 Å². The Morgan fingerprint density at radius 3 is 2.38 bits per heavy atom. The van der Waals surface area contributed by atoms with Crippen molar-refractivity contribution in [2.24, 2.45) is 4.36 Å². The van der Waals surface area contributed by atoms with E-state index in [1.807, 2.05) is 24.1 Å². The van der Waals surface area contributed by atoms with Crippen LogP contribution in [0.4, 0.5) is 4.39 Å². The van der Waals surface area contributed by atoms with Crippen molar-refractivity contribution in [3.05, 3.63) is 129 Å². The fourth-order valence-electron chi connectivity index (χ4n) is 9.91. The predicted octanol–water partition coefficient (Wildman–Crippen LogP) is 7.03. The van der Waals surface area contributed by atoms with Gasteiger partial charge in [0.05, 0.1) is 44.6 Å². The highest BCUT2D eigenvalue weighted by Crippen LogP contribution is 2.52. The van der Waals surface area contributed by atoms with E-state index < -0.39 is 21.3 Å². The van der Waals surface area contributed by atoms with Gasteiger partial charge in [0.15, 0.2) is 0 Å². The monoisotopic (exact) mass is 870 g/mol. The summed E-state index contributed by atoms with van der Waals surface area (Å²) in [7, 11) is -2.46. The SMILES string of the molecule is Cc1nnc(C2(n3c(C(=O)N4CCc5nn(-c6cc(C)c(F)c(C)c6)c(-n6ccn(-c7ccc(S8(=O)=NCCC8)cc7)c6=O)c5[C@@H]4C)cc4cc(C5CCOCC5)ncc43)CC2)o1. The maximum Gasteiger partial charge on any atom is 0.338 e. The molecule has 0 N–H and O–H groups in total. The molecule has 2 aromatic carbocycles. The van der Waals surface area contributed by atoms with Crippen LogP contribution in [-0.2, 0) is 26.4 Å². The molecule has 63 heavy (non-hydrogen) atoms. The Morgan fingerprint density at radius 1 is 0.952 bits per heavy atom. The third kappa shape index (κ3) is 6.32. The van der Waals surface area contributed by atoms with Gasteiger partial charge in [-0.2, -0.15) is 5.10 Å². The molecule has 1 amide bonds. The Morgan fingerprint density at radius 2 is 1.70 bits per heavy atom. The van der Waals surface area contributed by atoms with Gasteiger partial charge < -0.3 is 18.6 Å². The van der Waals surface area contributed by atoms with Crippen LogP contribution < -0.4 is 5.69 Å². The summed E-state index contributed by atoms with van der Waals surface area (Å²) >= 11 is 0. The van der Waals surface area contributed by atoms with E-state index in [0.29, 0.717) is 108 Å². The summed E-state index contributed by atoms with van der Waals surface area (Å²) in [5.74, 6) is 1.66. The Labute approximate surface area is 362 Å². The van der Waals surface area contributed by atoms with E-state index in [1.54, 1.807) is 78.8 Å². The number of aromatic nitrogens is 8. The van der Waals surface area contributed by atoms with Crippen molar-refractivity contribution in [2.45, 2.75) is 88.6 Å². The second kappa shape index (κ2) is 14.7. The molecular formula is C46H47FN10O5S. The summed E-state index contributed by atoms with van der Waals surface area (Å²) in [5, 5.41) is 14.6. The van der Waals surface area contributed by atoms with E-state index in [2.05, 4.69) is 25.2 Å². The standard InChI is InChI=1S/C46H47FN10O5S/c1-27-22-34(23-28(2)41(27)47)57-42(55-18-17-54(45(55)59)33-6-8-35(9-7-33)63(60)21-5-15-49-63)40-29(3)53(16-10-36(40)52-57)43(58)38-25-32-24-37(31-11-19-61-20-12-31)48-26-39(32)56(38)46(13-14-46)44-51-50-30(4)62-44/h6-9,17-18,22-26,29,31H,5,10-16,19-21H2,1-4H3/t29-,63?/m0/s1. The van der Waals surface area contributed by atoms with Crippen LogP contribution in [0.15, 0.2) is 85.6 Å². The molecule has 4 aliphatic rings. The van der Waals surface area contributed by atoms with Crippen molar-refractivity contribution in [1.82, 2.24) is 43.6 Å². The number of benzene rings is 2. The molecule has 1 saturated carbocycles. The van der Waals surface area contributed by atoms with Crippen molar-refractivity contribution >= 4 is 26.5 Å². The van der Waals surface area contributed by atoms with Crippen molar-refractivity contribution in [1.29, 1.82) is 0 Å². The normalized spacial score (nSPS) is 20.9. The topological polar surface area (TPSA) is 160 Å². The highest BCUT2D eigenvalue weighted by Gasteiger charge is 2.54. The first kappa shape index (κ1) is 39.6. The van der Waals surface area contributed by atoms with Gasteiger partial charge in [0.1, 0.15) is 22.9 Å². The molecule has 1 aliphatic carbocycles. The van der Waals surface area contributed by atoms with Gasteiger partial charge in [0.2, 0.25) is 11.8 Å². The number of imidazole rings is 1. The quantitative estimate of drug-likeness (QED) is 0.156. The lowest BCUT2D eigenvalue weighted by Gasteiger charge is -2.34. The van der Waals surface area contributed by atoms with E-state index >= 15 is 9.18 Å². The Balaban J connectivity index is 1.03. The van der Waals surface area contributed by atoms with Gasteiger partial charge in [0, 0.05) is 85.3 Å². The number of fused-ring (bicyclic) bond motifs is 2. The number of rotatable bonds is 8. The van der Waals surface area contributed by atoms with Gasteiger partial charge in [-0.25, -0.2) is 22.4 Å². The number of nitrogens with zero attached hydrogens (tertiary/aromatic N) is 10. The molecule has 1 saturated heterocycles. The van der Waals surface area contributed by atoms with Gasteiger partial charge in [-0.3, -0.25) is 18.9 Å². The summed E-state index contributed by atoms with van der Waals surface area (Å²) in [4.78, 5) is 37.5. The highest BCUT2D eigenvalue weighted by atomic mass is 32.2. The Hall–Kier alpha value is -6.20. The Kier molecular flexibility index (Phi) is 9.24. The molecule has 8 heterocycles. The fourth-order valence-corrected chi connectivity index (χ4v) is 11.9. The van der Waals surface area contributed by atoms with Crippen LogP contribution in [0.25, 0.3) is 28.1 Å². The average Bonchev–Trinajstić information content (AvgIpc) is 3.80. The number of halogens is 1. The molecule has 7 aromatic rings. The first-order valence-corrected chi connectivity index (χ1v) is 23.3. The van der Waals surface area contributed by atoms with Gasteiger partial charge in [-0.05, 0) is 113 Å². The van der Waals surface area contributed by atoms with Crippen LogP contribution in [-0.4, -0.2) is 85.7 Å². The molecule has 2 atom stereocenters. The Bertz CT molecular complexity index is 3150. The summed E-state index contributed by atoms with van der Waals surface area (Å²) in [6, 6.07) is 14.1. The van der Waals surface area contributed by atoms with E-state index in [0.717, 1.165) is 41.6 Å². The summed E-state index contributed by atoms with van der Waals surface area (Å²) in [6.45, 7) is 9.47. The van der Waals surface area contributed by atoms with E-state index in [9.17, 15) is 9.00 Å². The first-order valence-electron chi connectivity index (χ1n) is 21.7. The number of ether oxygens (including phenoxy) is 1. The van der Waals surface area contributed by atoms with Crippen molar-refractivity contribution in [2.75, 3.05) is 32.1 Å². The van der Waals surface area contributed by atoms with Crippen LogP contribution in [0.2, 0.25) is 0 Å². The predicted molar refractivity (Wildman–Crippen MR) is 232 cm³/mol. The molecule has 15 nitrogen and oxygen atoms in total. The smallest absolute Gasteiger partial charge is 0.338 e. The highest BCUT2D eigenvalue weighted by molar-refractivity contribution is 7.93. The third-order valence-electron chi connectivity index (χ3n) is 13.4. The van der Waals surface area contributed by atoms with Crippen LogP contribution in [0.1, 0.15) is 101 Å². The lowest BCUT2D eigenvalue weighted by molar-refractivity contribution is 0.0663. The molecule has 3 aliphatic heterocycles. The zero-order chi connectivity index (χ0) is 43.4. The van der Waals surface area contributed by atoms with E-state index in [4.69, 9.17) is 19.2 Å². The number of carbonyl (C=O) groups excluding carboxylic acids is 1. The van der Waals surface area contributed by atoms with Gasteiger partial charge >= 0.3 is 5.69 Å². The second-order valence-corrected chi connectivity index (χ2v) is 19.8. The minimum atomic E-state index is -2.46. The van der Waals surface area contributed by atoms with Gasteiger partial charge in [-0.1, -0.05) is 0 Å². The molecule has 0 radical (unpaired) electrons. The number of hydrogen-bond donors (Lipinski definition) is 0. The van der Waals surface area contributed by atoms with Crippen molar-refractivity contribution in [3.63, 3.8) is 0 Å². The molecule has 324 valence electrons.